The second-order valence-electron chi connectivity index (χ2n) is 4.40. The van der Waals surface area contributed by atoms with Crippen molar-refractivity contribution in [2.45, 2.75) is 45.9 Å². The fourth-order valence-corrected chi connectivity index (χ4v) is 1.97. The summed E-state index contributed by atoms with van der Waals surface area (Å²) in [6.07, 6.45) is 2.23. The van der Waals surface area contributed by atoms with E-state index in [2.05, 4.69) is 27.7 Å². The second kappa shape index (κ2) is 2.82. The van der Waals surface area contributed by atoms with Gasteiger partial charge in [0.15, 0.2) is 0 Å². The Bertz CT molecular complexity index is 189. The largest absolute Gasteiger partial charge is 0.122 e. The molecule has 0 aromatic heterocycles. The number of hydrogen-bond donors (Lipinski definition) is 0. The van der Waals surface area contributed by atoms with Gasteiger partial charge in [0.05, 0.1) is 0 Å². The molecule has 0 nitrogen and oxygen atoms in total. The van der Waals surface area contributed by atoms with Gasteiger partial charge in [-0.25, -0.2) is 0 Å². The summed E-state index contributed by atoms with van der Waals surface area (Å²) in [6, 6.07) is 0. The maximum atomic E-state index is 6.23. The fraction of sp³-hybridized carbons (Fsp3) is 0.800. The van der Waals surface area contributed by atoms with Crippen molar-refractivity contribution < 1.29 is 0 Å². The number of allylic oxidation sites excluding steroid dienone is 2. The highest BCUT2D eigenvalue weighted by atomic mass is 35.5. The molecule has 0 saturated carbocycles. The minimum absolute atomic E-state index is 0.297. The van der Waals surface area contributed by atoms with E-state index in [1.54, 1.807) is 0 Å². The van der Waals surface area contributed by atoms with Crippen LogP contribution in [0.4, 0.5) is 0 Å². The Hall–Kier alpha value is 0.0300. The molecule has 0 aliphatic heterocycles. The normalized spacial score (nSPS) is 30.8. The summed E-state index contributed by atoms with van der Waals surface area (Å²) < 4.78 is 0. The molecule has 1 rings (SSSR count). The van der Waals surface area contributed by atoms with Gasteiger partial charge in [0, 0.05) is 5.38 Å². The minimum Gasteiger partial charge on any atom is -0.122 e. The molecule has 1 aliphatic rings. The third-order valence-electron chi connectivity index (χ3n) is 2.78. The van der Waals surface area contributed by atoms with E-state index in [-0.39, 0.29) is 0 Å². The first-order chi connectivity index (χ1) is 4.93. The van der Waals surface area contributed by atoms with Gasteiger partial charge in [0.2, 0.25) is 0 Å². The number of rotatable bonds is 0. The molecule has 64 valence electrons. The van der Waals surface area contributed by atoms with Crippen LogP contribution in [0, 0.1) is 5.41 Å². The van der Waals surface area contributed by atoms with Crippen molar-refractivity contribution in [1.82, 2.24) is 0 Å². The Kier molecular flexibility index (Phi) is 2.34. The van der Waals surface area contributed by atoms with E-state index in [4.69, 9.17) is 11.6 Å². The van der Waals surface area contributed by atoms with Crippen LogP contribution in [-0.2, 0) is 0 Å². The molecule has 0 bridgehead atoms. The van der Waals surface area contributed by atoms with E-state index < -0.39 is 0 Å². The van der Waals surface area contributed by atoms with Crippen LogP contribution >= 0.6 is 11.6 Å². The molecule has 1 aliphatic carbocycles. The quantitative estimate of drug-likeness (QED) is 0.386. The number of hydrogen-bond acceptors (Lipinski definition) is 0. The van der Waals surface area contributed by atoms with Crippen molar-refractivity contribution in [2.24, 2.45) is 5.41 Å². The average molecular weight is 173 g/mol. The first-order valence-electron chi connectivity index (χ1n) is 4.23. The zero-order chi connectivity index (χ0) is 8.65. The third-order valence-corrected chi connectivity index (χ3v) is 3.53. The smallest absolute Gasteiger partial charge is 0.0427 e. The van der Waals surface area contributed by atoms with Crippen molar-refractivity contribution >= 4 is 11.6 Å². The lowest BCUT2D eigenvalue weighted by Gasteiger charge is -2.35. The maximum Gasteiger partial charge on any atom is 0.0427 e. The Morgan fingerprint density at radius 2 is 1.82 bits per heavy atom. The fourth-order valence-electron chi connectivity index (χ4n) is 1.66. The van der Waals surface area contributed by atoms with Crippen molar-refractivity contribution in [3.8, 4) is 0 Å². The van der Waals surface area contributed by atoms with Crippen LogP contribution in [-0.4, -0.2) is 5.38 Å². The summed E-state index contributed by atoms with van der Waals surface area (Å²) >= 11 is 6.23. The van der Waals surface area contributed by atoms with E-state index >= 15 is 0 Å². The lowest BCUT2D eigenvalue weighted by molar-refractivity contribution is 0.321. The first kappa shape index (κ1) is 9.12. The highest BCUT2D eigenvalue weighted by Gasteiger charge is 2.32. The molecule has 1 heteroatoms. The van der Waals surface area contributed by atoms with Crippen LogP contribution in [0.3, 0.4) is 0 Å². The van der Waals surface area contributed by atoms with Crippen LogP contribution in [0.15, 0.2) is 11.1 Å². The van der Waals surface area contributed by atoms with Crippen LogP contribution < -0.4 is 0 Å². The molecule has 0 amide bonds. The van der Waals surface area contributed by atoms with Crippen molar-refractivity contribution in [3.63, 3.8) is 0 Å². The first-order valence-corrected chi connectivity index (χ1v) is 4.66. The molecular formula is C10H17Cl. The predicted molar refractivity (Wildman–Crippen MR) is 51.0 cm³/mol. The van der Waals surface area contributed by atoms with Gasteiger partial charge >= 0.3 is 0 Å². The molecule has 0 N–H and O–H groups in total. The molecule has 0 aromatic rings. The Morgan fingerprint density at radius 3 is 2.27 bits per heavy atom. The Balaban J connectivity index is 2.84. The second-order valence-corrected chi connectivity index (χ2v) is 4.92. The lowest BCUT2D eigenvalue weighted by atomic mass is 9.75. The molecule has 0 radical (unpaired) electrons. The summed E-state index contributed by atoms with van der Waals surface area (Å²) in [5, 5.41) is 0.325. The van der Waals surface area contributed by atoms with Gasteiger partial charge in [-0.3, -0.25) is 0 Å². The lowest BCUT2D eigenvalue weighted by Crippen LogP contribution is -2.29. The summed E-state index contributed by atoms with van der Waals surface area (Å²) in [5.74, 6) is 0. The standard InChI is InChI=1S/C10H17Cl/c1-7-5-9(11)10(3,4)6-8(7)2/h9H,5-6H2,1-4H3. The van der Waals surface area contributed by atoms with E-state index in [0.717, 1.165) is 12.8 Å². The van der Waals surface area contributed by atoms with Gasteiger partial charge in [-0.2, -0.15) is 0 Å². The molecule has 1 unspecified atom stereocenters. The van der Waals surface area contributed by atoms with Crippen LogP contribution in [0.5, 0.6) is 0 Å². The maximum absolute atomic E-state index is 6.23. The van der Waals surface area contributed by atoms with Crippen molar-refractivity contribution in [2.75, 3.05) is 0 Å². The monoisotopic (exact) mass is 172 g/mol. The van der Waals surface area contributed by atoms with Crippen LogP contribution in [0.2, 0.25) is 0 Å². The van der Waals surface area contributed by atoms with Crippen LogP contribution in [0.1, 0.15) is 40.5 Å². The highest BCUT2D eigenvalue weighted by molar-refractivity contribution is 6.21. The van der Waals surface area contributed by atoms with Gasteiger partial charge < -0.3 is 0 Å². The third kappa shape index (κ3) is 1.79. The molecule has 11 heavy (non-hydrogen) atoms. The number of alkyl halides is 1. The topological polar surface area (TPSA) is 0 Å². The predicted octanol–water partition coefficient (Wildman–Crippen LogP) is 3.75. The van der Waals surface area contributed by atoms with Gasteiger partial charge in [-0.15, -0.1) is 11.6 Å². The van der Waals surface area contributed by atoms with Crippen molar-refractivity contribution in [3.05, 3.63) is 11.1 Å². The molecule has 0 saturated heterocycles. The average Bonchev–Trinajstić information content (AvgIpc) is 1.83. The summed E-state index contributed by atoms with van der Waals surface area (Å²) in [5.41, 5.74) is 3.32. The van der Waals surface area contributed by atoms with E-state index in [0.29, 0.717) is 10.8 Å². The zero-order valence-corrected chi connectivity index (χ0v) is 8.63. The molecule has 0 fully saturated rings. The van der Waals surface area contributed by atoms with Crippen molar-refractivity contribution in [1.29, 1.82) is 0 Å². The molecule has 0 aromatic carbocycles. The zero-order valence-electron chi connectivity index (χ0n) is 7.87. The Morgan fingerprint density at radius 1 is 1.27 bits per heavy atom. The minimum atomic E-state index is 0.297. The van der Waals surface area contributed by atoms with Gasteiger partial charge in [-0.05, 0) is 32.1 Å². The summed E-state index contributed by atoms with van der Waals surface area (Å²) in [4.78, 5) is 0. The van der Waals surface area contributed by atoms with E-state index in [1.165, 1.54) is 11.1 Å². The Labute approximate surface area is 74.6 Å². The van der Waals surface area contributed by atoms with Gasteiger partial charge in [0.1, 0.15) is 0 Å². The highest BCUT2D eigenvalue weighted by Crippen LogP contribution is 2.41. The van der Waals surface area contributed by atoms with E-state index in [9.17, 15) is 0 Å². The van der Waals surface area contributed by atoms with Gasteiger partial charge in [-0.1, -0.05) is 25.0 Å². The van der Waals surface area contributed by atoms with Crippen LogP contribution in [0.25, 0.3) is 0 Å². The van der Waals surface area contributed by atoms with E-state index in [1.807, 2.05) is 0 Å². The summed E-state index contributed by atoms with van der Waals surface area (Å²) in [6.45, 7) is 8.92. The number of halogens is 1. The molecule has 1 atom stereocenters. The van der Waals surface area contributed by atoms with Gasteiger partial charge in [0.25, 0.3) is 0 Å². The molecule has 0 spiro atoms. The molecular weight excluding hydrogens is 156 g/mol. The summed E-state index contributed by atoms with van der Waals surface area (Å²) in [7, 11) is 0. The SMILES string of the molecule is CC1=C(C)CC(C)(C)C(Cl)C1. The molecule has 0 heterocycles.